The third kappa shape index (κ3) is 3.26. The van der Waals surface area contributed by atoms with Gasteiger partial charge in [0.05, 0.1) is 12.8 Å². The molecule has 0 N–H and O–H groups in total. The molecule has 0 unspecified atom stereocenters. The van der Waals surface area contributed by atoms with E-state index in [0.717, 1.165) is 27.6 Å². The van der Waals surface area contributed by atoms with Crippen molar-refractivity contribution in [3.05, 3.63) is 70.0 Å². The van der Waals surface area contributed by atoms with Gasteiger partial charge < -0.3 is 4.74 Å². The quantitative estimate of drug-likeness (QED) is 0.652. The van der Waals surface area contributed by atoms with Gasteiger partial charge in [-0.2, -0.15) is 0 Å². The number of hydrogen-bond acceptors (Lipinski definition) is 3. The SMILES string of the molecule is COc1ccccc1/C=C/c1nc(-c2ccc(C)cc2)cs1. The maximum Gasteiger partial charge on any atom is 0.126 e. The Balaban J connectivity index is 1.82. The van der Waals surface area contributed by atoms with Gasteiger partial charge >= 0.3 is 0 Å². The van der Waals surface area contributed by atoms with E-state index >= 15 is 0 Å². The molecule has 2 nitrogen and oxygen atoms in total. The van der Waals surface area contributed by atoms with E-state index in [4.69, 9.17) is 4.74 Å². The number of ether oxygens (including phenoxy) is 1. The molecule has 1 heterocycles. The molecular formula is C19H17NOS. The van der Waals surface area contributed by atoms with Gasteiger partial charge in [-0.25, -0.2) is 4.98 Å². The summed E-state index contributed by atoms with van der Waals surface area (Å²) < 4.78 is 5.35. The van der Waals surface area contributed by atoms with Crippen molar-refractivity contribution in [2.75, 3.05) is 7.11 Å². The number of nitrogens with zero attached hydrogens (tertiary/aromatic N) is 1. The first-order valence-electron chi connectivity index (χ1n) is 7.10. The summed E-state index contributed by atoms with van der Waals surface area (Å²) in [6.45, 7) is 2.09. The maximum atomic E-state index is 5.35. The summed E-state index contributed by atoms with van der Waals surface area (Å²) >= 11 is 1.64. The minimum absolute atomic E-state index is 0.870. The Kier molecular flexibility index (Phi) is 4.35. The Morgan fingerprint density at radius 2 is 1.77 bits per heavy atom. The lowest BCUT2D eigenvalue weighted by atomic mass is 10.1. The van der Waals surface area contributed by atoms with E-state index in [9.17, 15) is 0 Å². The number of methoxy groups -OCH3 is 1. The second-order valence-electron chi connectivity index (χ2n) is 5.01. The molecule has 0 radical (unpaired) electrons. The summed E-state index contributed by atoms with van der Waals surface area (Å²) in [6.07, 6.45) is 4.07. The fraction of sp³-hybridized carbons (Fsp3) is 0.105. The number of thiazole rings is 1. The fourth-order valence-corrected chi connectivity index (χ4v) is 2.91. The molecule has 3 aromatic rings. The highest BCUT2D eigenvalue weighted by atomic mass is 32.1. The van der Waals surface area contributed by atoms with Crippen LogP contribution in [0.15, 0.2) is 53.9 Å². The third-order valence-electron chi connectivity index (χ3n) is 3.41. The largest absolute Gasteiger partial charge is 0.496 e. The lowest BCUT2D eigenvalue weighted by Gasteiger charge is -2.02. The smallest absolute Gasteiger partial charge is 0.126 e. The van der Waals surface area contributed by atoms with Crippen LogP contribution in [0.5, 0.6) is 5.75 Å². The van der Waals surface area contributed by atoms with Crippen LogP contribution >= 0.6 is 11.3 Å². The summed E-state index contributed by atoms with van der Waals surface area (Å²) in [5.41, 5.74) is 4.48. The molecular weight excluding hydrogens is 290 g/mol. The number of rotatable bonds is 4. The predicted molar refractivity (Wildman–Crippen MR) is 94.2 cm³/mol. The highest BCUT2D eigenvalue weighted by molar-refractivity contribution is 7.10. The minimum Gasteiger partial charge on any atom is -0.496 e. The molecule has 2 aromatic carbocycles. The number of benzene rings is 2. The van der Waals surface area contributed by atoms with Crippen LogP contribution in [0.1, 0.15) is 16.1 Å². The molecule has 0 bridgehead atoms. The molecule has 0 amide bonds. The first-order valence-corrected chi connectivity index (χ1v) is 7.98. The van der Waals surface area contributed by atoms with E-state index in [1.807, 2.05) is 36.4 Å². The Bertz CT molecular complexity index is 787. The average Bonchev–Trinajstić information content (AvgIpc) is 3.03. The van der Waals surface area contributed by atoms with Crippen molar-refractivity contribution in [3.63, 3.8) is 0 Å². The van der Waals surface area contributed by atoms with Crippen molar-refractivity contribution in [3.8, 4) is 17.0 Å². The molecule has 3 heteroatoms. The minimum atomic E-state index is 0.870. The van der Waals surface area contributed by atoms with Gasteiger partial charge in [-0.1, -0.05) is 48.0 Å². The van der Waals surface area contributed by atoms with E-state index < -0.39 is 0 Å². The van der Waals surface area contributed by atoms with Crippen molar-refractivity contribution >= 4 is 23.5 Å². The zero-order valence-corrected chi connectivity index (χ0v) is 13.4. The molecule has 110 valence electrons. The molecule has 3 rings (SSSR count). The van der Waals surface area contributed by atoms with Gasteiger partial charge in [-0.15, -0.1) is 11.3 Å². The fourth-order valence-electron chi connectivity index (χ4n) is 2.19. The summed E-state index contributed by atoms with van der Waals surface area (Å²) in [4.78, 5) is 4.67. The molecule has 0 aliphatic carbocycles. The van der Waals surface area contributed by atoms with Crippen LogP contribution in [0.3, 0.4) is 0 Å². The molecule has 0 saturated heterocycles. The Labute approximate surface area is 134 Å². The first kappa shape index (κ1) is 14.5. The van der Waals surface area contributed by atoms with Crippen molar-refractivity contribution in [1.29, 1.82) is 0 Å². The molecule has 0 aliphatic heterocycles. The van der Waals surface area contributed by atoms with Crippen LogP contribution in [-0.4, -0.2) is 12.1 Å². The summed E-state index contributed by atoms with van der Waals surface area (Å²) in [6, 6.07) is 16.4. The van der Waals surface area contributed by atoms with E-state index in [2.05, 4.69) is 41.6 Å². The van der Waals surface area contributed by atoms with Gasteiger partial charge in [-0.3, -0.25) is 0 Å². The van der Waals surface area contributed by atoms with Crippen LogP contribution in [0.25, 0.3) is 23.4 Å². The summed E-state index contributed by atoms with van der Waals surface area (Å²) in [5, 5.41) is 3.08. The zero-order chi connectivity index (χ0) is 15.4. The van der Waals surface area contributed by atoms with Gasteiger partial charge in [0.15, 0.2) is 0 Å². The number of aromatic nitrogens is 1. The lowest BCUT2D eigenvalue weighted by molar-refractivity contribution is 0.414. The van der Waals surface area contributed by atoms with Gasteiger partial charge in [-0.05, 0) is 25.1 Å². The standard InChI is InChI=1S/C19H17NOS/c1-14-7-9-15(10-8-14)17-13-22-19(20-17)12-11-16-5-3-4-6-18(16)21-2/h3-13H,1-2H3/b12-11+. The van der Waals surface area contributed by atoms with Gasteiger partial charge in [0.2, 0.25) is 0 Å². The molecule has 22 heavy (non-hydrogen) atoms. The number of aryl methyl sites for hydroxylation is 1. The maximum absolute atomic E-state index is 5.35. The van der Waals surface area contributed by atoms with Crippen molar-refractivity contribution in [1.82, 2.24) is 4.98 Å². The molecule has 0 saturated carbocycles. The average molecular weight is 307 g/mol. The van der Waals surface area contributed by atoms with Crippen LogP contribution in [-0.2, 0) is 0 Å². The molecule has 0 fully saturated rings. The lowest BCUT2D eigenvalue weighted by Crippen LogP contribution is -1.85. The van der Waals surface area contributed by atoms with E-state index in [0.29, 0.717) is 0 Å². The third-order valence-corrected chi connectivity index (χ3v) is 4.22. The first-order chi connectivity index (χ1) is 10.8. The molecule has 1 aromatic heterocycles. The Morgan fingerprint density at radius 1 is 1.00 bits per heavy atom. The van der Waals surface area contributed by atoms with Gasteiger partial charge in [0.25, 0.3) is 0 Å². The molecule has 0 atom stereocenters. The highest BCUT2D eigenvalue weighted by Gasteiger charge is 2.03. The zero-order valence-electron chi connectivity index (χ0n) is 12.6. The Hall–Kier alpha value is -2.39. The van der Waals surface area contributed by atoms with Gasteiger partial charge in [0.1, 0.15) is 10.8 Å². The van der Waals surface area contributed by atoms with Crippen LogP contribution in [0, 0.1) is 6.92 Å². The number of hydrogen-bond donors (Lipinski definition) is 0. The van der Waals surface area contributed by atoms with Crippen molar-refractivity contribution < 1.29 is 4.74 Å². The summed E-state index contributed by atoms with van der Waals surface area (Å²) in [5.74, 6) is 0.870. The van der Waals surface area contributed by atoms with E-state index in [1.165, 1.54) is 5.56 Å². The highest BCUT2D eigenvalue weighted by Crippen LogP contribution is 2.25. The van der Waals surface area contributed by atoms with E-state index in [1.54, 1.807) is 18.4 Å². The number of para-hydroxylation sites is 1. The van der Waals surface area contributed by atoms with Crippen molar-refractivity contribution in [2.45, 2.75) is 6.92 Å². The van der Waals surface area contributed by atoms with Crippen LogP contribution in [0.4, 0.5) is 0 Å². The van der Waals surface area contributed by atoms with Gasteiger partial charge in [0, 0.05) is 16.5 Å². The molecule has 0 aliphatic rings. The van der Waals surface area contributed by atoms with Crippen LogP contribution < -0.4 is 4.74 Å². The topological polar surface area (TPSA) is 22.1 Å². The van der Waals surface area contributed by atoms with Crippen LogP contribution in [0.2, 0.25) is 0 Å². The van der Waals surface area contributed by atoms with Crippen molar-refractivity contribution in [2.24, 2.45) is 0 Å². The Morgan fingerprint density at radius 3 is 2.55 bits per heavy atom. The second kappa shape index (κ2) is 6.58. The summed E-state index contributed by atoms with van der Waals surface area (Å²) in [7, 11) is 1.69. The monoisotopic (exact) mass is 307 g/mol. The predicted octanol–water partition coefficient (Wildman–Crippen LogP) is 5.30. The normalized spacial score (nSPS) is 11.0. The van der Waals surface area contributed by atoms with E-state index in [-0.39, 0.29) is 0 Å². The molecule has 0 spiro atoms. The second-order valence-corrected chi connectivity index (χ2v) is 5.90.